The van der Waals surface area contributed by atoms with Gasteiger partial charge in [-0.2, -0.15) is 5.26 Å². The molecule has 1 heterocycles. The average Bonchev–Trinajstić information content (AvgIpc) is 2.68. The first-order valence-corrected chi connectivity index (χ1v) is 4.47. The molecule has 0 saturated heterocycles. The van der Waals surface area contributed by atoms with Crippen molar-refractivity contribution < 1.29 is 9.26 Å². The third kappa shape index (κ3) is 2.24. The van der Waals surface area contributed by atoms with Crippen LogP contribution in [0.25, 0.3) is 11.0 Å². The molecule has 0 atom stereocenters. The van der Waals surface area contributed by atoms with Crippen molar-refractivity contribution in [3.8, 4) is 11.9 Å². The predicted molar refractivity (Wildman–Crippen MR) is 60.5 cm³/mol. The van der Waals surface area contributed by atoms with E-state index in [1.807, 2.05) is 6.07 Å². The summed E-state index contributed by atoms with van der Waals surface area (Å²) in [6, 6.07) is 7.08. The molecule has 5 nitrogen and oxygen atoms in total. The molecule has 2 rings (SSSR count). The van der Waals surface area contributed by atoms with Crippen LogP contribution >= 0.6 is 12.4 Å². The largest absolute Gasteiger partial charge is 0.474 e. The lowest BCUT2D eigenvalue weighted by Gasteiger charge is -1.98. The number of aromatic nitrogens is 1. The van der Waals surface area contributed by atoms with Crippen LogP contribution in [0, 0.1) is 11.3 Å². The fourth-order valence-electron chi connectivity index (χ4n) is 1.25. The predicted octanol–water partition coefficient (Wildman–Crippen LogP) is 1.46. The highest BCUT2D eigenvalue weighted by Gasteiger charge is 2.09. The number of ether oxygens (including phenoxy) is 1. The lowest BCUT2D eigenvalue weighted by Crippen LogP contribution is -2.10. The van der Waals surface area contributed by atoms with E-state index in [0.717, 1.165) is 0 Å². The summed E-state index contributed by atoms with van der Waals surface area (Å²) in [7, 11) is 0. The van der Waals surface area contributed by atoms with E-state index in [1.54, 1.807) is 18.2 Å². The third-order valence-corrected chi connectivity index (χ3v) is 1.92. The average molecular weight is 240 g/mol. The minimum absolute atomic E-state index is 0. The number of nitrogens with zero attached hydrogens (tertiary/aromatic N) is 2. The molecule has 2 aromatic rings. The molecule has 0 radical (unpaired) electrons. The van der Waals surface area contributed by atoms with Gasteiger partial charge in [-0.25, -0.2) is 0 Å². The second-order valence-corrected chi connectivity index (χ2v) is 2.95. The maximum atomic E-state index is 8.74. The Morgan fingerprint density at radius 3 is 3.00 bits per heavy atom. The first-order chi connectivity index (χ1) is 7.35. The van der Waals surface area contributed by atoms with Gasteiger partial charge in [0.15, 0.2) is 5.58 Å². The van der Waals surface area contributed by atoms with Gasteiger partial charge in [-0.05, 0) is 23.4 Å². The highest BCUT2D eigenvalue weighted by Crippen LogP contribution is 2.25. The summed E-state index contributed by atoms with van der Waals surface area (Å²) in [6.45, 7) is 0.782. The van der Waals surface area contributed by atoms with Gasteiger partial charge in [0.1, 0.15) is 6.61 Å². The van der Waals surface area contributed by atoms with E-state index in [2.05, 4.69) is 5.16 Å². The van der Waals surface area contributed by atoms with Crippen LogP contribution in [0.5, 0.6) is 5.88 Å². The van der Waals surface area contributed by atoms with Crippen LogP contribution in [-0.2, 0) is 0 Å². The van der Waals surface area contributed by atoms with Gasteiger partial charge in [0, 0.05) is 6.54 Å². The van der Waals surface area contributed by atoms with E-state index in [0.29, 0.717) is 35.6 Å². The van der Waals surface area contributed by atoms with Crippen molar-refractivity contribution in [2.75, 3.05) is 13.2 Å². The fourth-order valence-corrected chi connectivity index (χ4v) is 1.25. The summed E-state index contributed by atoms with van der Waals surface area (Å²) < 4.78 is 10.3. The minimum Gasteiger partial charge on any atom is -0.474 e. The maximum absolute atomic E-state index is 8.74. The number of halogens is 1. The summed E-state index contributed by atoms with van der Waals surface area (Å²) >= 11 is 0. The highest BCUT2D eigenvalue weighted by molar-refractivity contribution is 5.85. The van der Waals surface area contributed by atoms with Gasteiger partial charge in [0.2, 0.25) is 0 Å². The number of fused-ring (bicyclic) bond motifs is 1. The molecule has 0 aliphatic carbocycles. The van der Waals surface area contributed by atoms with Crippen LogP contribution in [0.2, 0.25) is 0 Å². The highest BCUT2D eigenvalue weighted by atomic mass is 35.5. The van der Waals surface area contributed by atoms with Crippen LogP contribution < -0.4 is 10.5 Å². The summed E-state index contributed by atoms with van der Waals surface area (Å²) in [6.07, 6.45) is 0. The Morgan fingerprint density at radius 1 is 1.50 bits per heavy atom. The molecule has 0 bridgehead atoms. The molecule has 0 aliphatic heterocycles. The summed E-state index contributed by atoms with van der Waals surface area (Å²) in [5.74, 6) is 0.382. The van der Waals surface area contributed by atoms with Crippen molar-refractivity contribution in [3.63, 3.8) is 0 Å². The van der Waals surface area contributed by atoms with E-state index >= 15 is 0 Å². The van der Waals surface area contributed by atoms with Gasteiger partial charge in [0.25, 0.3) is 5.88 Å². The van der Waals surface area contributed by atoms with Crippen molar-refractivity contribution in [1.82, 2.24) is 5.16 Å². The zero-order valence-electron chi connectivity index (χ0n) is 8.34. The van der Waals surface area contributed by atoms with Gasteiger partial charge < -0.3 is 15.0 Å². The van der Waals surface area contributed by atoms with Crippen molar-refractivity contribution in [2.45, 2.75) is 0 Å². The molecule has 0 amide bonds. The normalized spacial score (nSPS) is 9.50. The molecular weight excluding hydrogens is 230 g/mol. The minimum atomic E-state index is 0. The Kier molecular flexibility index (Phi) is 4.11. The van der Waals surface area contributed by atoms with Crippen molar-refractivity contribution in [2.24, 2.45) is 5.73 Å². The quantitative estimate of drug-likeness (QED) is 0.876. The molecule has 0 saturated carbocycles. The van der Waals surface area contributed by atoms with Crippen LogP contribution in [0.4, 0.5) is 0 Å². The SMILES string of the molecule is Cl.N#Cc1ccc2onc(OCCN)c2c1. The summed E-state index contributed by atoms with van der Waals surface area (Å²) in [5.41, 5.74) is 6.45. The summed E-state index contributed by atoms with van der Waals surface area (Å²) in [5, 5.41) is 13.2. The molecular formula is C10H10ClN3O2. The zero-order chi connectivity index (χ0) is 10.7. The Balaban J connectivity index is 0.00000128. The van der Waals surface area contributed by atoms with Crippen LogP contribution in [-0.4, -0.2) is 18.3 Å². The number of hydrogen-bond donors (Lipinski definition) is 1. The second kappa shape index (κ2) is 5.35. The van der Waals surface area contributed by atoms with Crippen LogP contribution in [0.3, 0.4) is 0 Å². The van der Waals surface area contributed by atoms with Gasteiger partial charge in [-0.3, -0.25) is 0 Å². The maximum Gasteiger partial charge on any atom is 0.262 e. The van der Waals surface area contributed by atoms with E-state index in [9.17, 15) is 0 Å². The Bertz CT molecular complexity index is 518. The lowest BCUT2D eigenvalue weighted by molar-refractivity contribution is 0.293. The molecule has 0 unspecified atom stereocenters. The Morgan fingerprint density at radius 2 is 2.31 bits per heavy atom. The molecule has 0 spiro atoms. The van der Waals surface area contributed by atoms with Gasteiger partial charge in [-0.1, -0.05) is 0 Å². The van der Waals surface area contributed by atoms with E-state index < -0.39 is 0 Å². The number of benzene rings is 1. The smallest absolute Gasteiger partial charge is 0.262 e. The monoisotopic (exact) mass is 239 g/mol. The van der Waals surface area contributed by atoms with E-state index in [-0.39, 0.29) is 12.4 Å². The van der Waals surface area contributed by atoms with E-state index in [1.165, 1.54) is 0 Å². The second-order valence-electron chi connectivity index (χ2n) is 2.95. The van der Waals surface area contributed by atoms with Crippen LogP contribution in [0.1, 0.15) is 5.56 Å². The summed E-state index contributed by atoms with van der Waals surface area (Å²) in [4.78, 5) is 0. The molecule has 0 fully saturated rings. The topological polar surface area (TPSA) is 85.1 Å². The first-order valence-electron chi connectivity index (χ1n) is 4.47. The number of nitrogens with two attached hydrogens (primary N) is 1. The molecule has 1 aromatic carbocycles. The number of hydrogen-bond acceptors (Lipinski definition) is 5. The van der Waals surface area contributed by atoms with E-state index in [4.69, 9.17) is 20.3 Å². The molecule has 6 heteroatoms. The molecule has 0 aliphatic rings. The molecule has 1 aromatic heterocycles. The van der Waals surface area contributed by atoms with Gasteiger partial charge in [0.05, 0.1) is 17.0 Å². The number of rotatable bonds is 3. The van der Waals surface area contributed by atoms with Crippen LogP contribution in [0.15, 0.2) is 22.7 Å². The number of nitriles is 1. The Hall–Kier alpha value is -1.77. The third-order valence-electron chi connectivity index (χ3n) is 1.92. The zero-order valence-corrected chi connectivity index (χ0v) is 9.16. The van der Waals surface area contributed by atoms with Crippen molar-refractivity contribution >= 4 is 23.4 Å². The molecule has 84 valence electrons. The van der Waals surface area contributed by atoms with Gasteiger partial charge >= 0.3 is 0 Å². The molecule has 16 heavy (non-hydrogen) atoms. The standard InChI is InChI=1S/C10H9N3O2.ClH/c11-3-4-14-10-8-5-7(6-12)1-2-9(8)15-13-10;/h1-2,5H,3-4,11H2;1H. The van der Waals surface area contributed by atoms with Crippen molar-refractivity contribution in [3.05, 3.63) is 23.8 Å². The lowest BCUT2D eigenvalue weighted by atomic mass is 10.2. The first kappa shape index (κ1) is 12.3. The van der Waals surface area contributed by atoms with Crippen molar-refractivity contribution in [1.29, 1.82) is 5.26 Å². The Labute approximate surface area is 98.2 Å². The molecule has 2 N–H and O–H groups in total. The fraction of sp³-hybridized carbons (Fsp3) is 0.200. The van der Waals surface area contributed by atoms with Gasteiger partial charge in [-0.15, -0.1) is 12.4 Å².